The first-order chi connectivity index (χ1) is 19.9. The van der Waals surface area contributed by atoms with Crippen molar-refractivity contribution in [3.63, 3.8) is 0 Å². The van der Waals surface area contributed by atoms with Crippen molar-refractivity contribution in [3.8, 4) is 0 Å². The molecular weight excluding hydrogens is 646 g/mol. The van der Waals surface area contributed by atoms with Gasteiger partial charge in [0.15, 0.2) is 4.99 Å². The van der Waals surface area contributed by atoms with E-state index in [1.807, 2.05) is 13.0 Å². The van der Waals surface area contributed by atoms with Crippen LogP contribution in [0.25, 0.3) is 0 Å². The van der Waals surface area contributed by atoms with Gasteiger partial charge in [0.05, 0.1) is 10.8 Å². The average molecular weight is 703 g/mol. The molecular formula is C32H56KO10PS. The fraction of sp³-hybridized carbons (Fsp3) is 0.750. The Balaban J connectivity index is 0. The van der Waals surface area contributed by atoms with Crippen molar-refractivity contribution in [2.75, 3.05) is 0 Å². The molecule has 0 fully saturated rings. The van der Waals surface area contributed by atoms with E-state index < -0.39 is 58.1 Å². The zero-order valence-corrected chi connectivity index (χ0v) is 34.7. The molecule has 0 aromatic carbocycles. The number of ether oxygens (including phenoxy) is 2. The van der Waals surface area contributed by atoms with E-state index in [-0.39, 0.29) is 64.2 Å². The average Bonchev–Trinajstić information content (AvgIpc) is 2.81. The van der Waals surface area contributed by atoms with Crippen LogP contribution in [0.4, 0.5) is 0 Å². The first-order valence-electron chi connectivity index (χ1n) is 15.2. The molecule has 3 unspecified atom stereocenters. The monoisotopic (exact) mass is 702 g/mol. The summed E-state index contributed by atoms with van der Waals surface area (Å²) >= 11 is 0. The van der Waals surface area contributed by atoms with E-state index in [4.69, 9.17) is 18.5 Å². The van der Waals surface area contributed by atoms with Gasteiger partial charge >= 0.3 is 70.9 Å². The molecule has 10 nitrogen and oxygen atoms in total. The minimum atomic E-state index is -5.24. The van der Waals surface area contributed by atoms with Gasteiger partial charge in [-0.3, -0.25) is 23.2 Å². The first kappa shape index (κ1) is 47.0. The molecule has 0 aromatic rings. The van der Waals surface area contributed by atoms with Gasteiger partial charge in [0, 0.05) is 0 Å². The van der Waals surface area contributed by atoms with Crippen LogP contribution in [0.3, 0.4) is 0 Å². The fourth-order valence-electron chi connectivity index (χ4n) is 3.71. The second kappa shape index (κ2) is 21.1. The molecule has 0 N–H and O–H groups in total. The van der Waals surface area contributed by atoms with E-state index in [2.05, 4.69) is 32.9 Å². The summed E-state index contributed by atoms with van der Waals surface area (Å²) in [5.74, 6) is -1.41. The van der Waals surface area contributed by atoms with Gasteiger partial charge in [-0.2, -0.15) is 0 Å². The van der Waals surface area contributed by atoms with Crippen LogP contribution < -0.4 is 51.4 Å². The molecule has 45 heavy (non-hydrogen) atoms. The maximum absolute atomic E-state index is 14.1. The maximum Gasteiger partial charge on any atom is 1.00 e. The summed E-state index contributed by atoms with van der Waals surface area (Å²) in [7, 11) is -10.1. The summed E-state index contributed by atoms with van der Waals surface area (Å²) in [4.78, 5) is 22.6. The Morgan fingerprint density at radius 3 is 1.49 bits per heavy atom. The van der Waals surface area contributed by atoms with Gasteiger partial charge < -0.3 is 14.0 Å². The molecule has 0 amide bonds. The van der Waals surface area contributed by atoms with Crippen LogP contribution in [0.15, 0.2) is 34.9 Å². The number of carbonyl (C=O) groups is 2. The van der Waals surface area contributed by atoms with Crippen molar-refractivity contribution in [3.05, 3.63) is 34.9 Å². The quantitative estimate of drug-likeness (QED) is 0.0339. The topological polar surface area (TPSA) is 145 Å². The molecule has 0 aliphatic rings. The molecule has 256 valence electrons. The number of carbonyl (C=O) groups excluding carboxylic acids is 2. The van der Waals surface area contributed by atoms with Gasteiger partial charge in [-0.25, -0.2) is 8.42 Å². The molecule has 0 heterocycles. The molecule has 0 aliphatic heterocycles. The number of rotatable bonds is 18. The molecule has 0 aliphatic carbocycles. The standard InChI is InChI=1S/C32H57O10PS.K/c1-23(2)17-15-19-25(4)21-16-20-24(3)18-13-14-22-28(44(36,37)38)43(35,41-26(5)39-29(33)31(7,8)9)42-27(6)40-30(34)32(10,11)12;/h17-18,21,26-28H,13-16,19-20,22H2,1-12H3,(H,36,37,38);/q;+1/p-1/b24-18+,25-21+;. The van der Waals surface area contributed by atoms with Crippen LogP contribution in [0, 0.1) is 10.8 Å². The number of hydrogen-bond donors (Lipinski definition) is 0. The predicted molar refractivity (Wildman–Crippen MR) is 173 cm³/mol. The molecule has 3 atom stereocenters. The molecule has 0 saturated heterocycles. The summed E-state index contributed by atoms with van der Waals surface area (Å²) in [5.41, 5.74) is 1.84. The van der Waals surface area contributed by atoms with E-state index in [1.165, 1.54) is 25.0 Å². The third kappa shape index (κ3) is 20.7. The van der Waals surface area contributed by atoms with Crippen LogP contribution in [0.5, 0.6) is 0 Å². The van der Waals surface area contributed by atoms with E-state index in [0.29, 0.717) is 6.42 Å². The Hall–Kier alpha value is -0.144. The van der Waals surface area contributed by atoms with Crippen LogP contribution in [-0.4, -0.2) is 42.5 Å². The van der Waals surface area contributed by atoms with Crippen molar-refractivity contribution >= 4 is 29.7 Å². The van der Waals surface area contributed by atoms with Crippen molar-refractivity contribution in [2.24, 2.45) is 10.8 Å². The first-order valence-corrected chi connectivity index (χ1v) is 18.2. The maximum atomic E-state index is 14.1. The molecule has 0 bridgehead atoms. The van der Waals surface area contributed by atoms with E-state index in [9.17, 15) is 27.1 Å². The Labute approximate surface area is 315 Å². The van der Waals surface area contributed by atoms with Crippen molar-refractivity contribution < 1.29 is 97.0 Å². The minimum absolute atomic E-state index is 0. The van der Waals surface area contributed by atoms with Crippen molar-refractivity contribution in [1.29, 1.82) is 0 Å². The molecule has 0 aromatic heterocycles. The number of hydrogen-bond acceptors (Lipinski definition) is 10. The molecule has 0 saturated carbocycles. The van der Waals surface area contributed by atoms with Crippen LogP contribution >= 0.6 is 7.60 Å². The van der Waals surface area contributed by atoms with Crippen molar-refractivity contribution in [2.45, 2.75) is 146 Å². The van der Waals surface area contributed by atoms with Gasteiger partial charge in [0.25, 0.3) is 0 Å². The Morgan fingerprint density at radius 1 is 0.756 bits per heavy atom. The Kier molecular flexibility index (Phi) is 22.0. The Bertz CT molecular complexity index is 1150. The third-order valence-corrected chi connectivity index (χ3v) is 10.9. The predicted octanol–water partition coefficient (Wildman–Crippen LogP) is 5.55. The van der Waals surface area contributed by atoms with E-state index in [1.54, 1.807) is 41.5 Å². The van der Waals surface area contributed by atoms with Crippen LogP contribution in [-0.2, 0) is 42.8 Å². The summed E-state index contributed by atoms with van der Waals surface area (Å²) < 4.78 is 72.6. The summed E-state index contributed by atoms with van der Waals surface area (Å²) in [5, 5.41) is 0. The van der Waals surface area contributed by atoms with Gasteiger partial charge in [-0.05, 0) is 128 Å². The van der Waals surface area contributed by atoms with Crippen LogP contribution in [0.1, 0.15) is 128 Å². The Morgan fingerprint density at radius 2 is 1.13 bits per heavy atom. The number of allylic oxidation sites excluding steroid dienone is 6. The number of unbranched alkanes of at least 4 members (excludes halogenated alkanes) is 1. The van der Waals surface area contributed by atoms with Crippen LogP contribution in [0.2, 0.25) is 0 Å². The van der Waals surface area contributed by atoms with Gasteiger partial charge in [0.1, 0.15) is 10.1 Å². The largest absolute Gasteiger partial charge is 1.00 e. The van der Waals surface area contributed by atoms with E-state index in [0.717, 1.165) is 31.3 Å². The third-order valence-electron chi connectivity index (χ3n) is 6.32. The van der Waals surface area contributed by atoms with Gasteiger partial charge in [-0.15, -0.1) is 0 Å². The molecule has 0 radical (unpaired) electrons. The summed E-state index contributed by atoms with van der Waals surface area (Å²) in [6.45, 7) is 20.3. The van der Waals surface area contributed by atoms with Crippen molar-refractivity contribution in [1.82, 2.24) is 0 Å². The van der Waals surface area contributed by atoms with Gasteiger partial charge in [0.2, 0.25) is 12.6 Å². The fourth-order valence-corrected chi connectivity index (χ4v) is 7.46. The second-order valence-corrected chi connectivity index (χ2v) is 17.6. The molecule has 13 heteroatoms. The smallest absolute Gasteiger partial charge is 0.747 e. The zero-order valence-electron chi connectivity index (χ0n) is 29.9. The SMILES string of the molecule is CC(C)=CCC/C(C)=C/CC/C(C)=C/CCCC(P(=O)(OC(C)OC(=O)C(C)(C)C)OC(C)OC(=O)C(C)(C)C)S(=O)(=O)[O-].[K+]. The zero-order chi connectivity index (χ0) is 34.5. The normalized spacial score (nSPS) is 16.5. The summed E-state index contributed by atoms with van der Waals surface area (Å²) in [6, 6.07) is 0. The second-order valence-electron chi connectivity index (χ2n) is 13.5. The van der Waals surface area contributed by atoms with E-state index >= 15 is 0 Å². The number of esters is 2. The van der Waals surface area contributed by atoms with Gasteiger partial charge in [-0.1, -0.05) is 34.9 Å². The molecule has 0 rings (SSSR count). The minimum Gasteiger partial charge on any atom is -0.747 e. The molecule has 0 spiro atoms. The summed E-state index contributed by atoms with van der Waals surface area (Å²) in [6.07, 6.45) is 7.29.